The number of aliphatic hydroxyl groups is 1. The minimum atomic E-state index is -0.378. The van der Waals surface area contributed by atoms with Gasteiger partial charge >= 0.3 is 0 Å². The van der Waals surface area contributed by atoms with Crippen LogP contribution in [0.15, 0.2) is 18.2 Å². The number of benzene rings is 1. The third-order valence-corrected chi connectivity index (χ3v) is 3.88. The van der Waals surface area contributed by atoms with Crippen molar-refractivity contribution in [3.05, 3.63) is 34.9 Å². The highest BCUT2D eigenvalue weighted by Crippen LogP contribution is 2.36. The van der Waals surface area contributed by atoms with Crippen molar-refractivity contribution < 1.29 is 9.84 Å². The number of hydrogen-bond donors (Lipinski definition) is 1. The zero-order chi connectivity index (χ0) is 13.1. The summed E-state index contributed by atoms with van der Waals surface area (Å²) in [6.45, 7) is 6.91. The zero-order valence-corrected chi connectivity index (χ0v) is 11.6. The molecule has 0 spiro atoms. The monoisotopic (exact) mass is 248 g/mol. The Hall–Kier alpha value is -0.860. The summed E-state index contributed by atoms with van der Waals surface area (Å²) in [5.74, 6) is 0.573. The van der Waals surface area contributed by atoms with Crippen molar-refractivity contribution in [1.82, 2.24) is 0 Å². The van der Waals surface area contributed by atoms with Crippen LogP contribution in [0.5, 0.6) is 0 Å². The summed E-state index contributed by atoms with van der Waals surface area (Å²) in [7, 11) is 0. The summed E-state index contributed by atoms with van der Waals surface area (Å²) in [4.78, 5) is 0. The largest absolute Gasteiger partial charge is 0.390 e. The van der Waals surface area contributed by atoms with Crippen LogP contribution in [0.1, 0.15) is 36.5 Å². The van der Waals surface area contributed by atoms with Crippen LogP contribution in [0.4, 0.5) is 0 Å². The van der Waals surface area contributed by atoms with E-state index in [0.717, 1.165) is 0 Å². The van der Waals surface area contributed by atoms with Crippen LogP contribution >= 0.6 is 0 Å². The fraction of sp³-hybridized carbons (Fsp3) is 0.625. The van der Waals surface area contributed by atoms with Gasteiger partial charge in [0.1, 0.15) is 0 Å². The second-order valence-electron chi connectivity index (χ2n) is 5.40. The molecular formula is C16H24O2. The van der Waals surface area contributed by atoms with Gasteiger partial charge < -0.3 is 9.84 Å². The molecule has 0 bridgehead atoms. The van der Waals surface area contributed by atoms with Gasteiger partial charge in [-0.2, -0.15) is 0 Å². The van der Waals surface area contributed by atoms with Crippen molar-refractivity contribution in [1.29, 1.82) is 0 Å². The number of rotatable bonds is 6. The number of aryl methyl sites for hydroxylation is 2. The molecule has 1 N–H and O–H groups in total. The maximum atomic E-state index is 10.4. The van der Waals surface area contributed by atoms with Crippen molar-refractivity contribution in [3.8, 4) is 0 Å². The van der Waals surface area contributed by atoms with Gasteiger partial charge in [-0.15, -0.1) is 0 Å². The lowest BCUT2D eigenvalue weighted by molar-refractivity contribution is -0.0440. The molecule has 1 saturated carbocycles. The molecule has 0 amide bonds. The van der Waals surface area contributed by atoms with E-state index in [4.69, 9.17) is 4.74 Å². The molecule has 0 heterocycles. The highest BCUT2D eigenvalue weighted by molar-refractivity contribution is 5.34. The van der Waals surface area contributed by atoms with Crippen LogP contribution in [0.3, 0.4) is 0 Å². The van der Waals surface area contributed by atoms with Gasteiger partial charge in [-0.3, -0.25) is 0 Å². The minimum absolute atomic E-state index is 0.0222. The highest BCUT2D eigenvalue weighted by Gasteiger charge is 2.36. The second kappa shape index (κ2) is 5.85. The normalized spacial score (nSPS) is 18.7. The maximum absolute atomic E-state index is 10.4. The molecule has 2 nitrogen and oxygen atoms in total. The molecule has 0 radical (unpaired) electrons. The van der Waals surface area contributed by atoms with Crippen LogP contribution in [0, 0.1) is 19.8 Å². The highest BCUT2D eigenvalue weighted by atomic mass is 16.5. The van der Waals surface area contributed by atoms with Gasteiger partial charge in [0.25, 0.3) is 0 Å². The average Bonchev–Trinajstić information content (AvgIpc) is 3.15. The molecule has 18 heavy (non-hydrogen) atoms. The minimum Gasteiger partial charge on any atom is -0.390 e. The first-order chi connectivity index (χ1) is 8.63. The van der Waals surface area contributed by atoms with Crippen LogP contribution in [0.2, 0.25) is 0 Å². The Morgan fingerprint density at radius 3 is 2.39 bits per heavy atom. The van der Waals surface area contributed by atoms with E-state index in [9.17, 15) is 5.11 Å². The molecule has 1 aliphatic carbocycles. The van der Waals surface area contributed by atoms with Gasteiger partial charge in [-0.25, -0.2) is 0 Å². The third-order valence-electron chi connectivity index (χ3n) is 3.88. The molecule has 100 valence electrons. The van der Waals surface area contributed by atoms with E-state index in [1.165, 1.54) is 29.5 Å². The van der Waals surface area contributed by atoms with E-state index >= 15 is 0 Å². The number of ether oxygens (including phenoxy) is 1. The maximum Gasteiger partial charge on any atom is 0.0865 e. The molecular weight excluding hydrogens is 224 g/mol. The number of hydrogen-bond acceptors (Lipinski definition) is 2. The van der Waals surface area contributed by atoms with E-state index < -0.39 is 0 Å². The topological polar surface area (TPSA) is 29.5 Å². The molecule has 0 aromatic heterocycles. The summed E-state index contributed by atoms with van der Waals surface area (Å²) in [6, 6.07) is 6.30. The quantitative estimate of drug-likeness (QED) is 0.838. The van der Waals surface area contributed by atoms with E-state index in [0.29, 0.717) is 18.9 Å². The van der Waals surface area contributed by atoms with Crippen LogP contribution < -0.4 is 0 Å². The van der Waals surface area contributed by atoms with E-state index in [-0.39, 0.29) is 12.2 Å². The zero-order valence-electron chi connectivity index (χ0n) is 11.6. The third kappa shape index (κ3) is 3.12. The average molecular weight is 248 g/mol. The fourth-order valence-electron chi connectivity index (χ4n) is 2.67. The molecule has 0 aliphatic heterocycles. The standard InChI is InChI=1S/C16H24O2/c1-4-18-16(13-8-9-13)15(17)10-14-11(2)6-5-7-12(14)3/h5-7,13,15-17H,4,8-10H2,1-3H3. The summed E-state index contributed by atoms with van der Waals surface area (Å²) >= 11 is 0. The van der Waals surface area contributed by atoms with E-state index in [2.05, 4.69) is 32.0 Å². The summed E-state index contributed by atoms with van der Waals surface area (Å²) in [6.07, 6.45) is 2.76. The lowest BCUT2D eigenvalue weighted by Gasteiger charge is -2.24. The molecule has 0 saturated heterocycles. The Bertz CT molecular complexity index is 376. The van der Waals surface area contributed by atoms with Gasteiger partial charge in [0, 0.05) is 13.0 Å². The lowest BCUT2D eigenvalue weighted by atomic mass is 9.94. The first kappa shape index (κ1) is 13.6. The molecule has 2 atom stereocenters. The Balaban J connectivity index is 2.07. The predicted molar refractivity (Wildman–Crippen MR) is 73.8 cm³/mol. The lowest BCUT2D eigenvalue weighted by Crippen LogP contribution is -2.33. The number of aliphatic hydroxyl groups excluding tert-OH is 1. The first-order valence-electron chi connectivity index (χ1n) is 6.98. The molecule has 2 unspecified atom stereocenters. The van der Waals surface area contributed by atoms with Crippen molar-refractivity contribution in [2.45, 2.75) is 52.2 Å². The van der Waals surface area contributed by atoms with E-state index in [1.54, 1.807) is 0 Å². The van der Waals surface area contributed by atoms with Gasteiger partial charge in [-0.1, -0.05) is 18.2 Å². The van der Waals surface area contributed by atoms with Crippen LogP contribution in [0.25, 0.3) is 0 Å². The predicted octanol–water partition coefficient (Wildman–Crippen LogP) is 3.02. The molecule has 1 aromatic rings. The first-order valence-corrected chi connectivity index (χ1v) is 6.98. The van der Waals surface area contributed by atoms with Crippen molar-refractivity contribution in [2.75, 3.05) is 6.61 Å². The molecule has 1 fully saturated rings. The SMILES string of the molecule is CCOC(C(O)Cc1c(C)cccc1C)C1CC1. The summed E-state index contributed by atoms with van der Waals surface area (Å²) in [5.41, 5.74) is 3.80. The molecule has 1 aromatic carbocycles. The van der Waals surface area contributed by atoms with Gasteiger partial charge in [0.05, 0.1) is 12.2 Å². The van der Waals surface area contributed by atoms with Crippen LogP contribution in [-0.4, -0.2) is 23.9 Å². The van der Waals surface area contributed by atoms with Crippen molar-refractivity contribution in [2.24, 2.45) is 5.92 Å². The second-order valence-corrected chi connectivity index (χ2v) is 5.40. The van der Waals surface area contributed by atoms with Gasteiger partial charge in [0.2, 0.25) is 0 Å². The fourth-order valence-corrected chi connectivity index (χ4v) is 2.67. The van der Waals surface area contributed by atoms with Crippen molar-refractivity contribution >= 4 is 0 Å². The Morgan fingerprint density at radius 2 is 1.89 bits per heavy atom. The smallest absolute Gasteiger partial charge is 0.0865 e. The molecule has 2 heteroatoms. The molecule has 1 aliphatic rings. The Morgan fingerprint density at radius 1 is 1.28 bits per heavy atom. The Labute approximate surface area is 110 Å². The summed E-state index contributed by atoms with van der Waals surface area (Å²) < 4.78 is 5.73. The Kier molecular flexibility index (Phi) is 4.41. The van der Waals surface area contributed by atoms with Crippen molar-refractivity contribution in [3.63, 3.8) is 0 Å². The van der Waals surface area contributed by atoms with Gasteiger partial charge in [-0.05, 0) is 56.2 Å². The van der Waals surface area contributed by atoms with E-state index in [1.807, 2.05) is 6.92 Å². The molecule has 2 rings (SSSR count). The summed E-state index contributed by atoms with van der Waals surface area (Å²) in [5, 5.41) is 10.4. The van der Waals surface area contributed by atoms with Gasteiger partial charge in [0.15, 0.2) is 0 Å². The van der Waals surface area contributed by atoms with Crippen LogP contribution in [-0.2, 0) is 11.2 Å².